The molecule has 3 rings (SSSR count). The summed E-state index contributed by atoms with van der Waals surface area (Å²) < 4.78 is 0. The molecule has 152 valence electrons. The van der Waals surface area contributed by atoms with E-state index in [1.807, 2.05) is 48.5 Å². The van der Waals surface area contributed by atoms with E-state index in [9.17, 15) is 4.79 Å². The van der Waals surface area contributed by atoms with E-state index in [4.69, 9.17) is 4.98 Å². The maximum absolute atomic E-state index is 13.1. The zero-order valence-electron chi connectivity index (χ0n) is 17.6. The molecule has 1 atom stereocenters. The fourth-order valence-corrected chi connectivity index (χ4v) is 3.54. The second kappa shape index (κ2) is 10.1. The van der Waals surface area contributed by atoms with E-state index in [1.54, 1.807) is 6.20 Å². The van der Waals surface area contributed by atoms with Crippen molar-refractivity contribution in [2.75, 3.05) is 19.6 Å². The minimum absolute atomic E-state index is 0.0591. The lowest BCUT2D eigenvalue weighted by molar-refractivity contribution is 0.0939. The number of pyridine rings is 2. The van der Waals surface area contributed by atoms with Gasteiger partial charge in [-0.25, -0.2) is 4.98 Å². The Bertz CT molecular complexity index is 938. The molecule has 3 aromatic rings. The maximum atomic E-state index is 13.1. The first-order valence-electron chi connectivity index (χ1n) is 10.5. The van der Waals surface area contributed by atoms with Gasteiger partial charge in [-0.15, -0.1) is 0 Å². The van der Waals surface area contributed by atoms with Crippen molar-refractivity contribution in [1.29, 1.82) is 0 Å². The summed E-state index contributed by atoms with van der Waals surface area (Å²) in [4.78, 5) is 24.6. The molecular weight excluding hydrogens is 360 g/mol. The number of nitrogens with zero attached hydrogens (tertiary/aromatic N) is 3. The molecule has 1 amide bonds. The van der Waals surface area contributed by atoms with Gasteiger partial charge in [0.1, 0.15) is 0 Å². The Morgan fingerprint density at radius 1 is 1.07 bits per heavy atom. The van der Waals surface area contributed by atoms with Gasteiger partial charge in [-0.3, -0.25) is 9.78 Å². The van der Waals surface area contributed by atoms with Gasteiger partial charge in [0.15, 0.2) is 0 Å². The van der Waals surface area contributed by atoms with E-state index in [-0.39, 0.29) is 11.9 Å². The number of carbonyl (C=O) groups is 1. The standard InChI is InChI=1S/C24H30N4O/c1-4-28(5-2)16-10-11-18(3)26-24(29)20-17-23(22-14-8-9-15-25-22)27-21-13-7-6-12-19(20)21/h6-9,12-15,17-18H,4-5,10-11,16H2,1-3H3,(H,26,29)/t18-/m0/s1. The lowest BCUT2D eigenvalue weighted by Gasteiger charge is -2.20. The van der Waals surface area contributed by atoms with Gasteiger partial charge in [0.05, 0.1) is 22.5 Å². The van der Waals surface area contributed by atoms with Crippen molar-refractivity contribution in [2.45, 2.75) is 39.7 Å². The first-order chi connectivity index (χ1) is 14.1. The number of para-hydroxylation sites is 1. The second-order valence-corrected chi connectivity index (χ2v) is 7.33. The number of benzene rings is 1. The van der Waals surface area contributed by atoms with Crippen LogP contribution in [0.1, 0.15) is 44.0 Å². The SMILES string of the molecule is CCN(CC)CCC[C@H](C)NC(=O)c1cc(-c2ccccn2)nc2ccccc12. The molecule has 0 bridgehead atoms. The summed E-state index contributed by atoms with van der Waals surface area (Å²) in [7, 11) is 0. The number of carbonyl (C=O) groups excluding carboxylic acids is 1. The molecule has 0 aliphatic rings. The highest BCUT2D eigenvalue weighted by Crippen LogP contribution is 2.23. The fraction of sp³-hybridized carbons (Fsp3) is 0.375. The van der Waals surface area contributed by atoms with Crippen LogP contribution in [-0.4, -0.2) is 46.5 Å². The summed E-state index contributed by atoms with van der Waals surface area (Å²) in [6.07, 6.45) is 3.77. The molecule has 0 saturated carbocycles. The molecule has 0 spiro atoms. The van der Waals surface area contributed by atoms with Crippen LogP contribution in [0.5, 0.6) is 0 Å². The molecule has 5 nitrogen and oxygen atoms in total. The van der Waals surface area contributed by atoms with E-state index in [0.717, 1.165) is 49.1 Å². The number of nitrogens with one attached hydrogen (secondary N) is 1. The quantitative estimate of drug-likeness (QED) is 0.583. The van der Waals surface area contributed by atoms with Crippen LogP contribution in [-0.2, 0) is 0 Å². The summed E-state index contributed by atoms with van der Waals surface area (Å²) in [5.74, 6) is -0.0591. The highest BCUT2D eigenvalue weighted by atomic mass is 16.1. The normalized spacial score (nSPS) is 12.3. The van der Waals surface area contributed by atoms with Crippen molar-refractivity contribution in [2.24, 2.45) is 0 Å². The average molecular weight is 391 g/mol. The number of fused-ring (bicyclic) bond motifs is 1. The van der Waals surface area contributed by atoms with Gasteiger partial charge in [0.2, 0.25) is 0 Å². The number of rotatable bonds is 9. The molecule has 5 heteroatoms. The molecule has 29 heavy (non-hydrogen) atoms. The smallest absolute Gasteiger partial charge is 0.252 e. The Kier molecular flexibility index (Phi) is 7.30. The average Bonchev–Trinajstić information content (AvgIpc) is 2.76. The molecule has 0 aliphatic carbocycles. The molecule has 2 heterocycles. The first kappa shape index (κ1) is 20.9. The van der Waals surface area contributed by atoms with Gasteiger partial charge in [-0.1, -0.05) is 38.1 Å². The highest BCUT2D eigenvalue weighted by molar-refractivity contribution is 6.07. The van der Waals surface area contributed by atoms with Crippen molar-refractivity contribution in [3.8, 4) is 11.4 Å². The zero-order chi connectivity index (χ0) is 20.6. The third kappa shape index (κ3) is 5.39. The molecular formula is C24H30N4O. The third-order valence-corrected chi connectivity index (χ3v) is 5.27. The van der Waals surface area contributed by atoms with Gasteiger partial charge in [0, 0.05) is 17.6 Å². The first-order valence-corrected chi connectivity index (χ1v) is 10.5. The maximum Gasteiger partial charge on any atom is 0.252 e. The Hall–Kier alpha value is -2.79. The molecule has 0 saturated heterocycles. The van der Waals surface area contributed by atoms with Crippen LogP contribution in [0.4, 0.5) is 0 Å². The Balaban J connectivity index is 1.78. The predicted molar refractivity (Wildman–Crippen MR) is 119 cm³/mol. The van der Waals surface area contributed by atoms with E-state index in [2.05, 4.69) is 36.0 Å². The number of aromatic nitrogens is 2. The van der Waals surface area contributed by atoms with Gasteiger partial charge in [0.25, 0.3) is 5.91 Å². The second-order valence-electron chi connectivity index (χ2n) is 7.33. The topological polar surface area (TPSA) is 58.1 Å². The van der Waals surface area contributed by atoms with Crippen molar-refractivity contribution < 1.29 is 4.79 Å². The van der Waals surface area contributed by atoms with E-state index < -0.39 is 0 Å². The molecule has 2 aromatic heterocycles. The summed E-state index contributed by atoms with van der Waals surface area (Å²) in [5, 5.41) is 4.03. The third-order valence-electron chi connectivity index (χ3n) is 5.27. The Labute approximate surface area is 173 Å². The Morgan fingerprint density at radius 2 is 1.83 bits per heavy atom. The van der Waals surface area contributed by atoms with Gasteiger partial charge < -0.3 is 10.2 Å². The lowest BCUT2D eigenvalue weighted by atomic mass is 10.0. The molecule has 1 aromatic carbocycles. The summed E-state index contributed by atoms with van der Waals surface area (Å²) in [6, 6.07) is 15.4. The highest BCUT2D eigenvalue weighted by Gasteiger charge is 2.16. The molecule has 0 fully saturated rings. The fourth-order valence-electron chi connectivity index (χ4n) is 3.54. The molecule has 0 radical (unpaired) electrons. The largest absolute Gasteiger partial charge is 0.350 e. The summed E-state index contributed by atoms with van der Waals surface area (Å²) in [6.45, 7) is 9.64. The number of amides is 1. The lowest BCUT2D eigenvalue weighted by Crippen LogP contribution is -2.33. The van der Waals surface area contributed by atoms with E-state index >= 15 is 0 Å². The Morgan fingerprint density at radius 3 is 2.55 bits per heavy atom. The minimum Gasteiger partial charge on any atom is -0.350 e. The zero-order valence-corrected chi connectivity index (χ0v) is 17.6. The predicted octanol–water partition coefficient (Wildman–Crippen LogP) is 4.54. The minimum atomic E-state index is -0.0591. The van der Waals surface area contributed by atoms with Crippen molar-refractivity contribution in [3.63, 3.8) is 0 Å². The van der Waals surface area contributed by atoms with Crippen LogP contribution in [0.25, 0.3) is 22.3 Å². The van der Waals surface area contributed by atoms with E-state index in [0.29, 0.717) is 11.3 Å². The van der Waals surface area contributed by atoms with E-state index in [1.165, 1.54) is 0 Å². The van der Waals surface area contributed by atoms with Crippen molar-refractivity contribution in [3.05, 3.63) is 60.3 Å². The molecule has 0 aliphatic heterocycles. The van der Waals surface area contributed by atoms with Crippen LogP contribution in [0.15, 0.2) is 54.7 Å². The van der Waals surface area contributed by atoms with Gasteiger partial charge in [-0.2, -0.15) is 0 Å². The molecule has 0 unspecified atom stereocenters. The van der Waals surface area contributed by atoms with Gasteiger partial charge in [-0.05, 0) is 63.7 Å². The van der Waals surface area contributed by atoms with Crippen molar-refractivity contribution >= 4 is 16.8 Å². The van der Waals surface area contributed by atoms with Crippen LogP contribution in [0.2, 0.25) is 0 Å². The van der Waals surface area contributed by atoms with Crippen LogP contribution >= 0.6 is 0 Å². The van der Waals surface area contributed by atoms with Crippen LogP contribution < -0.4 is 5.32 Å². The summed E-state index contributed by atoms with van der Waals surface area (Å²) >= 11 is 0. The monoisotopic (exact) mass is 390 g/mol. The number of hydrogen-bond acceptors (Lipinski definition) is 4. The van der Waals surface area contributed by atoms with Gasteiger partial charge >= 0.3 is 0 Å². The van der Waals surface area contributed by atoms with Crippen LogP contribution in [0.3, 0.4) is 0 Å². The van der Waals surface area contributed by atoms with Crippen LogP contribution in [0, 0.1) is 0 Å². The number of hydrogen-bond donors (Lipinski definition) is 1. The van der Waals surface area contributed by atoms with Crippen molar-refractivity contribution in [1.82, 2.24) is 20.2 Å². The molecule has 1 N–H and O–H groups in total. The summed E-state index contributed by atoms with van der Waals surface area (Å²) in [5.41, 5.74) is 2.92.